The second kappa shape index (κ2) is 17.3. The molecule has 4 aromatic rings. The number of hydrogen-bond acceptors (Lipinski definition) is 11. The maximum Gasteiger partial charge on any atom is 0.329 e. The Morgan fingerprint density at radius 1 is 0.932 bits per heavy atom. The van der Waals surface area contributed by atoms with Crippen LogP contribution in [0.5, 0.6) is 5.75 Å². The van der Waals surface area contributed by atoms with Gasteiger partial charge in [0.1, 0.15) is 48.5 Å². The van der Waals surface area contributed by atoms with Gasteiger partial charge in [0.05, 0.1) is 31.5 Å². The van der Waals surface area contributed by atoms with Crippen LogP contribution in [0, 0.1) is 15.4 Å². The summed E-state index contributed by atoms with van der Waals surface area (Å²) in [6.45, 7) is 6.78. The third-order valence-corrected chi connectivity index (χ3v) is 11.8. The summed E-state index contributed by atoms with van der Waals surface area (Å²) in [4.78, 5) is 76.3. The number of aliphatic hydroxyl groups is 1. The lowest BCUT2D eigenvalue weighted by molar-refractivity contribution is -0.180. The molecule has 4 aromatic carbocycles. The number of methoxy groups -OCH3 is 1. The summed E-state index contributed by atoms with van der Waals surface area (Å²) in [5.74, 6) is -4.71. The number of morpholine rings is 1. The molecule has 13 nitrogen and oxygen atoms in total. The van der Waals surface area contributed by atoms with Crippen LogP contribution in [0.4, 0.5) is 10.5 Å². The van der Waals surface area contributed by atoms with E-state index in [2.05, 4.69) is 34.5 Å². The average Bonchev–Trinajstić information content (AvgIpc) is 3.70. The van der Waals surface area contributed by atoms with Crippen molar-refractivity contribution >= 4 is 58.1 Å². The molecule has 3 aliphatic rings. The summed E-state index contributed by atoms with van der Waals surface area (Å²) in [6, 6.07) is 25.3. The molecule has 3 amide bonds. The number of nitrogens with one attached hydrogen (secondary N) is 1. The van der Waals surface area contributed by atoms with E-state index in [0.717, 1.165) is 10.5 Å². The molecule has 0 aliphatic carbocycles. The Balaban J connectivity index is 1.55. The fourth-order valence-corrected chi connectivity index (χ4v) is 9.30. The summed E-state index contributed by atoms with van der Waals surface area (Å²) < 4.78 is 23.6. The zero-order valence-electron chi connectivity index (χ0n) is 32.7. The highest BCUT2D eigenvalue weighted by Crippen LogP contribution is 2.66. The highest BCUT2D eigenvalue weighted by molar-refractivity contribution is 14.1. The molecule has 14 heteroatoms. The lowest BCUT2D eigenvalue weighted by atomic mass is 9.65. The molecule has 3 heterocycles. The molecule has 3 aliphatic heterocycles. The van der Waals surface area contributed by atoms with E-state index >= 15 is 4.79 Å². The normalized spacial score (nSPS) is 23.9. The molecule has 7 unspecified atom stereocenters. The van der Waals surface area contributed by atoms with Crippen molar-refractivity contribution in [2.45, 2.75) is 49.5 Å². The van der Waals surface area contributed by atoms with Gasteiger partial charge in [-0.05, 0) is 81.1 Å². The first-order chi connectivity index (χ1) is 28.5. The zero-order chi connectivity index (χ0) is 42.0. The SMILES string of the molecule is C=CCOC(=O)C1C2C(=O)OC(c3ccccc3)C(c3ccccc3)N2C(c2ccc(OCCO)cc2)C12C(=O)N(C(=O)NC(C(=O)OC)C(C)C)c1ccc(I)cc12. The van der Waals surface area contributed by atoms with E-state index in [1.165, 1.54) is 13.2 Å². The number of fused-ring (bicyclic) bond motifs is 3. The summed E-state index contributed by atoms with van der Waals surface area (Å²) in [6.07, 6.45) is 0.485. The van der Waals surface area contributed by atoms with Crippen molar-refractivity contribution < 1.29 is 48.0 Å². The Labute approximate surface area is 355 Å². The van der Waals surface area contributed by atoms with Gasteiger partial charge < -0.3 is 29.4 Å². The van der Waals surface area contributed by atoms with Crippen molar-refractivity contribution in [1.29, 1.82) is 0 Å². The van der Waals surface area contributed by atoms with E-state index in [1.54, 1.807) is 56.3 Å². The van der Waals surface area contributed by atoms with Gasteiger partial charge in [-0.2, -0.15) is 0 Å². The number of ether oxygens (including phenoxy) is 4. The van der Waals surface area contributed by atoms with Gasteiger partial charge in [-0.15, -0.1) is 0 Å². The molecular weight excluding hydrogens is 869 g/mol. The number of aliphatic hydroxyl groups excluding tert-OH is 1. The summed E-state index contributed by atoms with van der Waals surface area (Å²) in [5, 5.41) is 12.2. The number of anilines is 1. The van der Waals surface area contributed by atoms with E-state index < -0.39 is 77.4 Å². The molecule has 7 rings (SSSR count). The van der Waals surface area contributed by atoms with E-state index in [0.29, 0.717) is 26.0 Å². The average molecular weight is 914 g/mol. The molecule has 0 radical (unpaired) electrons. The molecule has 2 saturated heterocycles. The maximum atomic E-state index is 16.0. The molecule has 0 bridgehead atoms. The fourth-order valence-electron chi connectivity index (χ4n) is 8.81. The van der Waals surface area contributed by atoms with E-state index in [1.807, 2.05) is 65.6 Å². The number of urea groups is 1. The quantitative estimate of drug-likeness (QED) is 0.0747. The smallest absolute Gasteiger partial charge is 0.329 e. The molecule has 0 aromatic heterocycles. The van der Waals surface area contributed by atoms with Crippen LogP contribution in [0.15, 0.2) is 116 Å². The molecule has 306 valence electrons. The second-order valence-electron chi connectivity index (χ2n) is 14.8. The van der Waals surface area contributed by atoms with Gasteiger partial charge in [0.15, 0.2) is 0 Å². The third-order valence-electron chi connectivity index (χ3n) is 11.2. The number of carbonyl (C=O) groups is 5. The predicted molar refractivity (Wildman–Crippen MR) is 224 cm³/mol. The summed E-state index contributed by atoms with van der Waals surface area (Å²) in [7, 11) is 1.21. The van der Waals surface area contributed by atoms with Gasteiger partial charge in [-0.1, -0.05) is 99.3 Å². The number of esters is 3. The molecule has 2 N–H and O–H groups in total. The molecule has 0 saturated carbocycles. The fraction of sp³-hybridized carbons (Fsp3) is 0.311. The first-order valence-electron chi connectivity index (χ1n) is 19.2. The van der Waals surface area contributed by atoms with Crippen LogP contribution in [0.2, 0.25) is 0 Å². The van der Waals surface area contributed by atoms with Gasteiger partial charge in [0.2, 0.25) is 5.91 Å². The minimum absolute atomic E-state index is 0.0378. The van der Waals surface area contributed by atoms with Crippen molar-refractivity contribution in [2.75, 3.05) is 31.8 Å². The molecule has 59 heavy (non-hydrogen) atoms. The van der Waals surface area contributed by atoms with Gasteiger partial charge in [0.25, 0.3) is 0 Å². The standard InChI is InChI=1S/C45H44IN3O10/c1-5-23-58-40(51)34-37-42(53)59-38(28-14-10-7-11-15-28)36(27-12-8-6-9-13-27)49(37)39(29-16-19-31(20-17-29)57-24-22-50)45(34)32-25-30(46)18-21-33(32)48(43(45)54)44(55)47-35(26(2)3)41(52)56-4/h5-21,25-26,34-39,50H,1,22-24H2,2-4H3,(H,47,55). The van der Waals surface area contributed by atoms with Crippen LogP contribution in [0.1, 0.15) is 54.3 Å². The lowest BCUT2D eigenvalue weighted by Crippen LogP contribution is -2.56. The maximum absolute atomic E-state index is 16.0. The number of benzene rings is 4. The van der Waals surface area contributed by atoms with Crippen molar-refractivity contribution in [2.24, 2.45) is 11.8 Å². The first-order valence-corrected chi connectivity index (χ1v) is 20.3. The van der Waals surface area contributed by atoms with Crippen LogP contribution in [0.25, 0.3) is 0 Å². The number of halogens is 1. The van der Waals surface area contributed by atoms with Crippen LogP contribution >= 0.6 is 22.6 Å². The minimum Gasteiger partial charge on any atom is -0.491 e. The van der Waals surface area contributed by atoms with Crippen molar-refractivity contribution in [3.05, 3.63) is 142 Å². The number of cyclic esters (lactones) is 1. The predicted octanol–water partition coefficient (Wildman–Crippen LogP) is 5.96. The lowest BCUT2D eigenvalue weighted by Gasteiger charge is -2.46. The second-order valence-corrected chi connectivity index (χ2v) is 16.1. The van der Waals surface area contributed by atoms with Crippen LogP contribution in [-0.2, 0) is 38.8 Å². The summed E-state index contributed by atoms with van der Waals surface area (Å²) in [5.41, 5.74) is 0.396. The third kappa shape index (κ3) is 7.27. The molecule has 7 atom stereocenters. The van der Waals surface area contributed by atoms with Crippen LogP contribution < -0.4 is 15.0 Å². The Morgan fingerprint density at radius 3 is 2.20 bits per heavy atom. The minimum atomic E-state index is -2.01. The topological polar surface area (TPSA) is 161 Å². The molecular formula is C45H44IN3O10. The number of rotatable bonds is 12. The highest BCUT2D eigenvalue weighted by atomic mass is 127. The zero-order valence-corrected chi connectivity index (χ0v) is 34.8. The van der Waals surface area contributed by atoms with Crippen molar-refractivity contribution in [3.8, 4) is 5.75 Å². The van der Waals surface area contributed by atoms with Gasteiger partial charge >= 0.3 is 23.9 Å². The van der Waals surface area contributed by atoms with Gasteiger partial charge in [0, 0.05) is 3.57 Å². The van der Waals surface area contributed by atoms with E-state index in [-0.39, 0.29) is 25.5 Å². The van der Waals surface area contributed by atoms with Crippen LogP contribution in [0.3, 0.4) is 0 Å². The van der Waals surface area contributed by atoms with Gasteiger partial charge in [-0.3, -0.25) is 19.3 Å². The number of imide groups is 1. The monoisotopic (exact) mass is 913 g/mol. The highest BCUT2D eigenvalue weighted by Gasteiger charge is 2.76. The van der Waals surface area contributed by atoms with Gasteiger partial charge in [-0.25, -0.2) is 14.5 Å². The number of hydrogen-bond donors (Lipinski definition) is 2. The molecule has 1 spiro atoms. The summed E-state index contributed by atoms with van der Waals surface area (Å²) >= 11 is 2.11. The first kappa shape index (κ1) is 41.6. The Hall–Kier alpha value is -5.58. The van der Waals surface area contributed by atoms with Crippen molar-refractivity contribution in [3.63, 3.8) is 0 Å². The van der Waals surface area contributed by atoms with Crippen molar-refractivity contribution in [1.82, 2.24) is 10.2 Å². The number of carbonyl (C=O) groups excluding carboxylic acids is 5. The number of nitrogens with zero attached hydrogens (tertiary/aromatic N) is 2. The van der Waals surface area contributed by atoms with Crippen LogP contribution in [-0.4, -0.2) is 78.9 Å². The number of amides is 3. The Bertz CT molecular complexity index is 2240. The molecule has 2 fully saturated rings. The van der Waals surface area contributed by atoms with E-state index in [9.17, 15) is 24.3 Å². The Morgan fingerprint density at radius 2 is 1.59 bits per heavy atom. The Kier molecular flexibility index (Phi) is 12.2. The van der Waals surface area contributed by atoms with E-state index in [4.69, 9.17) is 18.9 Å². The largest absolute Gasteiger partial charge is 0.491 e.